The number of hydrogen-bond acceptors (Lipinski definition) is 10. The molecule has 2 aliphatic rings. The number of nitrogens with zero attached hydrogens (tertiary/aromatic N) is 2. The molecule has 3 rings (SSSR count). The van der Waals surface area contributed by atoms with Gasteiger partial charge in [-0.1, -0.05) is 6.07 Å². The summed E-state index contributed by atoms with van der Waals surface area (Å²) >= 11 is 0. The minimum Gasteiger partial charge on any atom is -0.872 e. The Bertz CT molecular complexity index is 1250. The molecular weight excluding hydrogens is 520 g/mol. The molecule has 1 unspecified atom stereocenters. The van der Waals surface area contributed by atoms with E-state index in [1.165, 1.54) is 24.3 Å². The molecule has 1 fully saturated rings. The monoisotopic (exact) mass is 556 g/mol. The van der Waals surface area contributed by atoms with Gasteiger partial charge in [-0.25, -0.2) is 4.58 Å². The van der Waals surface area contributed by atoms with E-state index in [0.29, 0.717) is 50.8 Å². The smallest absolute Gasteiger partial charge is 0.234 e. The topological polar surface area (TPSA) is 160 Å². The van der Waals surface area contributed by atoms with E-state index < -0.39 is 34.6 Å². The van der Waals surface area contributed by atoms with E-state index in [9.17, 15) is 24.6 Å². The summed E-state index contributed by atoms with van der Waals surface area (Å²) in [5.74, 6) is -5.32. The fourth-order valence-electron chi connectivity index (χ4n) is 4.68. The molecule has 2 aliphatic carbocycles. The molecule has 0 heterocycles. The fraction of sp³-hybridized carbons (Fsp3) is 0.448. The molecule has 0 bridgehead atoms. The van der Waals surface area contributed by atoms with Gasteiger partial charge in [0.05, 0.1) is 44.7 Å². The molecule has 0 radical (unpaired) electrons. The van der Waals surface area contributed by atoms with Crippen molar-refractivity contribution in [3.63, 3.8) is 0 Å². The van der Waals surface area contributed by atoms with Crippen LogP contribution in [0.5, 0.6) is 5.75 Å². The van der Waals surface area contributed by atoms with Crippen LogP contribution in [0.15, 0.2) is 53.3 Å². The largest absolute Gasteiger partial charge is 0.872 e. The van der Waals surface area contributed by atoms with E-state index in [0.717, 1.165) is 0 Å². The summed E-state index contributed by atoms with van der Waals surface area (Å²) in [5.41, 5.74) is 0.607. The normalized spacial score (nSPS) is 20.4. The molecule has 11 nitrogen and oxygen atoms in total. The second kappa shape index (κ2) is 14.7. The summed E-state index contributed by atoms with van der Waals surface area (Å²) in [4.78, 5) is 41.1. The van der Waals surface area contributed by atoms with Crippen molar-refractivity contribution in [3.05, 3.63) is 58.9 Å². The first-order valence-corrected chi connectivity index (χ1v) is 13.3. The van der Waals surface area contributed by atoms with E-state index in [2.05, 4.69) is 0 Å². The summed E-state index contributed by atoms with van der Waals surface area (Å²) in [6, 6.07) is 4.33. The number of allylic oxidation sites excluding steroid dienone is 4. The first-order valence-electron chi connectivity index (χ1n) is 13.3. The Labute approximate surface area is 232 Å². The number of hydrogen-bond donors (Lipinski definition) is 3. The number of anilines is 1. The second-order valence-corrected chi connectivity index (χ2v) is 9.12. The zero-order valence-electron chi connectivity index (χ0n) is 22.8. The zero-order chi connectivity index (χ0) is 29.2. The highest BCUT2D eigenvalue weighted by Crippen LogP contribution is 2.38. The Balaban J connectivity index is 1.86. The lowest BCUT2D eigenvalue weighted by Gasteiger charge is -2.26. The van der Waals surface area contributed by atoms with Gasteiger partial charge in [0.25, 0.3) is 0 Å². The molecule has 0 aliphatic heterocycles. The number of aliphatic hydroxyl groups is 3. The van der Waals surface area contributed by atoms with Crippen LogP contribution in [0.1, 0.15) is 25.3 Å². The van der Waals surface area contributed by atoms with Crippen LogP contribution < -0.4 is 10.0 Å². The molecule has 0 aromatic heterocycles. The van der Waals surface area contributed by atoms with Crippen LogP contribution in [-0.2, 0) is 23.9 Å². The van der Waals surface area contributed by atoms with Crippen molar-refractivity contribution in [1.82, 2.24) is 0 Å². The molecule has 40 heavy (non-hydrogen) atoms. The summed E-state index contributed by atoms with van der Waals surface area (Å²) in [6.07, 6.45) is 4.46. The maximum Gasteiger partial charge on any atom is 0.234 e. The Morgan fingerprint density at radius 3 is 2.27 bits per heavy atom. The van der Waals surface area contributed by atoms with Crippen molar-refractivity contribution < 1.29 is 48.9 Å². The number of carbonyl (C=O) groups is 3. The third kappa shape index (κ3) is 6.92. The molecule has 1 aromatic carbocycles. The van der Waals surface area contributed by atoms with Crippen molar-refractivity contribution in [2.45, 2.75) is 19.8 Å². The van der Waals surface area contributed by atoms with Crippen LogP contribution >= 0.6 is 0 Å². The first-order chi connectivity index (χ1) is 19.3. The van der Waals surface area contributed by atoms with E-state index >= 15 is 0 Å². The molecule has 1 saturated carbocycles. The number of aliphatic hydroxyl groups excluding tert-OH is 3. The molecule has 0 amide bonds. The number of likely N-dealkylation sites (N-methyl/N-ethyl adjacent to an activating group) is 2. The maximum absolute atomic E-state index is 13.4. The van der Waals surface area contributed by atoms with Crippen LogP contribution in [0.2, 0.25) is 0 Å². The summed E-state index contributed by atoms with van der Waals surface area (Å²) in [5, 5.41) is 41.5. The Morgan fingerprint density at radius 1 is 0.975 bits per heavy atom. The SMILES string of the molecule is CCN(CCOCCO)c1ccc(C2C(=O)C(=O)/C(=C3/C=CC(=[N+](CC)CCOCCO)C=C3O)C2=O)c([O-])c1. The Hall–Kier alpha value is -3.64. The van der Waals surface area contributed by atoms with E-state index in [1.807, 2.05) is 23.3 Å². The standard InChI is InChI=1S/C29H36N2O9/c1-3-30(9-13-39-15-11-32)19-5-7-21(23(34)17-19)25-27(36)26(29(38)28(25)37)22-8-6-20(18-24(22)35)31(4-2)10-14-40-16-12-33/h5-8,17-18,25,32-34H,3-4,9-16H2,1-2H3/b26-22-. The minimum atomic E-state index is -1.57. The van der Waals surface area contributed by atoms with Crippen LogP contribution in [0.25, 0.3) is 0 Å². The second-order valence-electron chi connectivity index (χ2n) is 9.12. The third-order valence-electron chi connectivity index (χ3n) is 6.76. The molecule has 3 N–H and O–H groups in total. The van der Waals surface area contributed by atoms with Gasteiger partial charge >= 0.3 is 0 Å². The quantitative estimate of drug-likeness (QED) is 0.0721. The Morgan fingerprint density at radius 2 is 1.68 bits per heavy atom. The highest BCUT2D eigenvalue weighted by Gasteiger charge is 2.47. The third-order valence-corrected chi connectivity index (χ3v) is 6.76. The summed E-state index contributed by atoms with van der Waals surface area (Å²) in [7, 11) is 0. The van der Waals surface area contributed by atoms with Gasteiger partial charge in [-0.15, -0.1) is 5.75 Å². The van der Waals surface area contributed by atoms with Gasteiger partial charge in [0.15, 0.2) is 12.3 Å². The number of ether oxygens (including phenoxy) is 2. The van der Waals surface area contributed by atoms with Crippen molar-refractivity contribution >= 4 is 28.7 Å². The molecule has 0 spiro atoms. The number of rotatable bonds is 14. The van der Waals surface area contributed by atoms with Gasteiger partial charge in [-0.05, 0) is 37.6 Å². The van der Waals surface area contributed by atoms with Crippen molar-refractivity contribution in [2.75, 3.05) is 70.7 Å². The minimum absolute atomic E-state index is 0.0636. The van der Waals surface area contributed by atoms with Crippen molar-refractivity contribution in [2.24, 2.45) is 0 Å². The Kier molecular flexibility index (Phi) is 11.3. The lowest BCUT2D eigenvalue weighted by Crippen LogP contribution is -2.27. The molecule has 1 aromatic rings. The zero-order valence-corrected chi connectivity index (χ0v) is 22.8. The van der Waals surface area contributed by atoms with Crippen LogP contribution in [0.4, 0.5) is 5.69 Å². The predicted octanol–water partition coefficient (Wildman–Crippen LogP) is 0.191. The van der Waals surface area contributed by atoms with Gasteiger partial charge in [-0.2, -0.15) is 0 Å². The number of ketones is 3. The lowest BCUT2D eigenvalue weighted by atomic mass is 9.92. The molecule has 11 heteroatoms. The first kappa shape index (κ1) is 30.9. The van der Waals surface area contributed by atoms with E-state index in [4.69, 9.17) is 19.7 Å². The van der Waals surface area contributed by atoms with Crippen LogP contribution in [0, 0.1) is 0 Å². The lowest BCUT2D eigenvalue weighted by molar-refractivity contribution is -0.525. The fourth-order valence-corrected chi connectivity index (χ4v) is 4.68. The highest BCUT2D eigenvalue weighted by molar-refractivity contribution is 6.61. The molecule has 216 valence electrons. The van der Waals surface area contributed by atoms with Gasteiger partial charge in [0.1, 0.15) is 24.8 Å². The maximum atomic E-state index is 13.4. The molecule has 0 saturated heterocycles. The van der Waals surface area contributed by atoms with Gasteiger partial charge < -0.3 is 34.8 Å². The predicted molar refractivity (Wildman–Crippen MR) is 145 cm³/mol. The van der Waals surface area contributed by atoms with Crippen molar-refractivity contribution in [1.29, 1.82) is 0 Å². The van der Waals surface area contributed by atoms with Gasteiger partial charge in [-0.3, -0.25) is 14.4 Å². The number of carbonyl (C=O) groups excluding carboxylic acids is 3. The van der Waals surface area contributed by atoms with Crippen LogP contribution in [0.3, 0.4) is 0 Å². The average Bonchev–Trinajstić information content (AvgIpc) is 3.16. The van der Waals surface area contributed by atoms with E-state index in [-0.39, 0.29) is 43.3 Å². The molecule has 1 atom stereocenters. The number of Topliss-reactive ketones (excluding diaryl/α,β-unsaturated/α-hetero) is 3. The average molecular weight is 557 g/mol. The van der Waals surface area contributed by atoms with Gasteiger partial charge in [0, 0.05) is 30.4 Å². The number of benzene rings is 1. The van der Waals surface area contributed by atoms with E-state index in [1.54, 1.807) is 12.1 Å². The molecular formula is C29H36N2O9. The van der Waals surface area contributed by atoms with Crippen molar-refractivity contribution in [3.8, 4) is 5.75 Å². The summed E-state index contributed by atoms with van der Waals surface area (Å²) < 4.78 is 12.5. The summed E-state index contributed by atoms with van der Waals surface area (Å²) in [6.45, 7) is 6.85. The van der Waals surface area contributed by atoms with Gasteiger partial charge in [0.2, 0.25) is 17.3 Å². The highest BCUT2D eigenvalue weighted by atomic mass is 16.5. The van der Waals surface area contributed by atoms with Crippen LogP contribution in [-0.4, -0.2) is 109 Å².